The lowest BCUT2D eigenvalue weighted by Crippen LogP contribution is -2.30. The fourth-order valence-electron chi connectivity index (χ4n) is 1.05. The van der Waals surface area contributed by atoms with Gasteiger partial charge in [-0.15, -0.1) is 0 Å². The highest BCUT2D eigenvalue weighted by molar-refractivity contribution is 7.89. The predicted molar refractivity (Wildman–Crippen MR) is 48.7 cm³/mol. The molecule has 13 heavy (non-hydrogen) atoms. The summed E-state index contributed by atoms with van der Waals surface area (Å²) in [5, 5.41) is 11.0. The van der Waals surface area contributed by atoms with E-state index in [-0.39, 0.29) is 5.75 Å². The molecule has 4 nitrogen and oxygen atoms in total. The Labute approximate surface area is 77.3 Å². The normalized spacial score (nSPS) is 11.5. The van der Waals surface area contributed by atoms with Crippen LogP contribution in [0.15, 0.2) is 18.3 Å². The minimum absolute atomic E-state index is 0.0814. The van der Waals surface area contributed by atoms with Gasteiger partial charge in [0.15, 0.2) is 21.7 Å². The average Bonchev–Trinajstić information content (AvgIpc) is 1.96. The van der Waals surface area contributed by atoms with Crippen LogP contribution in [0.25, 0.3) is 0 Å². The zero-order valence-electron chi connectivity index (χ0n) is 7.52. The van der Waals surface area contributed by atoms with E-state index in [0.29, 0.717) is 16.0 Å². The van der Waals surface area contributed by atoms with E-state index in [1.165, 1.54) is 6.20 Å². The van der Waals surface area contributed by atoms with E-state index in [9.17, 15) is 13.6 Å². The van der Waals surface area contributed by atoms with Crippen LogP contribution in [-0.4, -0.2) is 14.7 Å². The third-order valence-corrected chi connectivity index (χ3v) is 2.57. The monoisotopic (exact) mass is 201 g/mol. The van der Waals surface area contributed by atoms with Gasteiger partial charge in [0.25, 0.3) is 0 Å². The first-order valence-electron chi connectivity index (χ1n) is 3.75. The topological polar surface area (TPSA) is 61.1 Å². The maximum atomic E-state index is 11.0. The molecule has 0 atom stereocenters. The molecule has 1 rings (SSSR count). The van der Waals surface area contributed by atoms with Gasteiger partial charge in [-0.05, 0) is 6.07 Å². The van der Waals surface area contributed by atoms with Gasteiger partial charge in [-0.1, -0.05) is 0 Å². The summed E-state index contributed by atoms with van der Waals surface area (Å²) in [4.78, 5) is 0. The Hall–Kier alpha value is -1.10. The van der Waals surface area contributed by atoms with Gasteiger partial charge in [0.05, 0.1) is 5.75 Å². The molecule has 0 fully saturated rings. The zero-order valence-corrected chi connectivity index (χ0v) is 8.34. The van der Waals surface area contributed by atoms with Crippen molar-refractivity contribution < 1.29 is 13.1 Å². The number of pyridine rings is 1. The predicted octanol–water partition coefficient (Wildman–Crippen LogP) is 0.173. The molecule has 0 radical (unpaired) electrons. The van der Waals surface area contributed by atoms with E-state index in [4.69, 9.17) is 0 Å². The lowest BCUT2D eigenvalue weighted by atomic mass is 10.2. The molecule has 72 valence electrons. The van der Waals surface area contributed by atoms with Crippen LogP contribution in [0.3, 0.4) is 0 Å². The summed E-state index contributed by atoms with van der Waals surface area (Å²) in [6.07, 6.45) is 2.50. The van der Waals surface area contributed by atoms with E-state index in [0.717, 1.165) is 6.26 Å². The van der Waals surface area contributed by atoms with Crippen molar-refractivity contribution in [3.8, 4) is 0 Å². The summed E-state index contributed by atoms with van der Waals surface area (Å²) in [7, 11) is -3.07. The molecular formula is C8H11NO3S. The van der Waals surface area contributed by atoms with Crippen molar-refractivity contribution in [3.05, 3.63) is 34.8 Å². The first kappa shape index (κ1) is 9.98. The Morgan fingerprint density at radius 3 is 2.69 bits per heavy atom. The van der Waals surface area contributed by atoms with Crippen molar-refractivity contribution in [1.82, 2.24) is 0 Å². The van der Waals surface area contributed by atoms with Crippen LogP contribution in [0.4, 0.5) is 0 Å². The molecule has 5 heteroatoms. The highest BCUT2D eigenvalue weighted by Gasteiger charge is 2.11. The zero-order chi connectivity index (χ0) is 10.1. The minimum Gasteiger partial charge on any atom is -0.619 e. The molecule has 1 aromatic rings. The van der Waals surface area contributed by atoms with Crippen molar-refractivity contribution in [2.24, 2.45) is 0 Å². The molecule has 0 aliphatic carbocycles. The van der Waals surface area contributed by atoms with Crippen LogP contribution >= 0.6 is 0 Å². The Morgan fingerprint density at radius 2 is 2.15 bits per heavy atom. The van der Waals surface area contributed by atoms with Gasteiger partial charge < -0.3 is 5.21 Å². The summed E-state index contributed by atoms with van der Waals surface area (Å²) in [5.41, 5.74) is 0.993. The molecule has 0 bridgehead atoms. The highest BCUT2D eigenvalue weighted by Crippen LogP contribution is 2.06. The van der Waals surface area contributed by atoms with Crippen molar-refractivity contribution in [2.75, 3.05) is 6.26 Å². The van der Waals surface area contributed by atoms with E-state index in [1.54, 1.807) is 19.1 Å². The number of hydrogen-bond acceptors (Lipinski definition) is 3. The summed E-state index contributed by atoms with van der Waals surface area (Å²) in [6.45, 7) is 1.60. The van der Waals surface area contributed by atoms with Gasteiger partial charge >= 0.3 is 0 Å². The van der Waals surface area contributed by atoms with E-state index < -0.39 is 9.84 Å². The van der Waals surface area contributed by atoms with Gasteiger partial charge in [0, 0.05) is 24.8 Å². The quantitative estimate of drug-likeness (QED) is 0.506. The van der Waals surface area contributed by atoms with Gasteiger partial charge in [0.2, 0.25) is 0 Å². The number of aromatic nitrogens is 1. The minimum atomic E-state index is -3.07. The summed E-state index contributed by atoms with van der Waals surface area (Å²) in [5.74, 6) is -0.0814. The third-order valence-electron chi connectivity index (χ3n) is 1.73. The average molecular weight is 201 g/mol. The fourth-order valence-corrected chi connectivity index (χ4v) is 1.92. The first-order valence-corrected chi connectivity index (χ1v) is 5.81. The van der Waals surface area contributed by atoms with Gasteiger partial charge in [0.1, 0.15) is 0 Å². The van der Waals surface area contributed by atoms with Crippen molar-refractivity contribution in [3.63, 3.8) is 0 Å². The Morgan fingerprint density at radius 1 is 1.54 bits per heavy atom. The second-order valence-corrected chi connectivity index (χ2v) is 5.15. The molecule has 1 heterocycles. The highest BCUT2D eigenvalue weighted by atomic mass is 32.2. The molecule has 0 saturated heterocycles. The molecular weight excluding hydrogens is 190 g/mol. The van der Waals surface area contributed by atoms with Crippen molar-refractivity contribution >= 4 is 9.84 Å². The lowest BCUT2D eigenvalue weighted by Gasteiger charge is -2.04. The lowest BCUT2D eigenvalue weighted by molar-refractivity contribution is -0.612. The van der Waals surface area contributed by atoms with Crippen LogP contribution in [0.1, 0.15) is 11.3 Å². The van der Waals surface area contributed by atoms with Crippen LogP contribution in [-0.2, 0) is 15.6 Å². The van der Waals surface area contributed by atoms with Gasteiger partial charge in [-0.3, -0.25) is 0 Å². The summed E-state index contributed by atoms with van der Waals surface area (Å²) < 4.78 is 22.6. The molecule has 0 N–H and O–H groups in total. The molecule has 0 amide bonds. The second kappa shape index (κ2) is 3.33. The van der Waals surface area contributed by atoms with E-state index in [2.05, 4.69) is 0 Å². The van der Waals surface area contributed by atoms with Gasteiger partial charge in [-0.2, -0.15) is 4.73 Å². The number of nitrogens with zero attached hydrogens (tertiary/aromatic N) is 1. The number of hydrogen-bond donors (Lipinski definition) is 0. The maximum absolute atomic E-state index is 11.0. The molecule has 0 aliphatic heterocycles. The Balaban J connectivity index is 3.10. The summed E-state index contributed by atoms with van der Waals surface area (Å²) >= 11 is 0. The van der Waals surface area contributed by atoms with E-state index in [1.807, 2.05) is 0 Å². The van der Waals surface area contributed by atoms with Gasteiger partial charge in [-0.25, -0.2) is 8.42 Å². The Kier molecular flexibility index (Phi) is 2.56. The Bertz CT molecular complexity index is 411. The molecule has 1 aromatic heterocycles. The third kappa shape index (κ3) is 2.69. The summed E-state index contributed by atoms with van der Waals surface area (Å²) in [6, 6.07) is 3.19. The molecule has 0 saturated carbocycles. The number of rotatable bonds is 2. The second-order valence-electron chi connectivity index (χ2n) is 3.01. The van der Waals surface area contributed by atoms with Crippen LogP contribution < -0.4 is 4.73 Å². The van der Waals surface area contributed by atoms with Crippen molar-refractivity contribution in [1.29, 1.82) is 0 Å². The first-order chi connectivity index (χ1) is 5.90. The van der Waals surface area contributed by atoms with Crippen LogP contribution in [0.2, 0.25) is 0 Å². The van der Waals surface area contributed by atoms with Crippen LogP contribution in [0, 0.1) is 12.1 Å². The molecule has 0 spiro atoms. The van der Waals surface area contributed by atoms with E-state index >= 15 is 0 Å². The van der Waals surface area contributed by atoms with Crippen molar-refractivity contribution in [2.45, 2.75) is 12.7 Å². The number of sulfone groups is 1. The molecule has 0 aliphatic rings. The maximum Gasteiger partial charge on any atom is 0.193 e. The molecule has 0 aromatic carbocycles. The molecule has 0 unspecified atom stereocenters. The SMILES string of the molecule is Cc1c(CS(C)(=O)=O)ccc[n+]1[O-]. The fraction of sp³-hybridized carbons (Fsp3) is 0.375. The van der Waals surface area contributed by atoms with Crippen LogP contribution in [0.5, 0.6) is 0 Å². The largest absolute Gasteiger partial charge is 0.619 e. The smallest absolute Gasteiger partial charge is 0.193 e. The standard InChI is InChI=1S/C8H11NO3S/c1-7-8(6-13(2,11)12)4-3-5-9(7)10/h3-5H,6H2,1-2H3.